The summed E-state index contributed by atoms with van der Waals surface area (Å²) in [4.78, 5) is 11.5. The van der Waals surface area contributed by atoms with Gasteiger partial charge in [-0.1, -0.05) is 49.8 Å². The molecule has 0 spiro atoms. The number of unbranched alkanes of at least 4 members (excludes halogenated alkanes) is 1. The first-order valence-corrected chi connectivity index (χ1v) is 6.56. The van der Waals surface area contributed by atoms with Gasteiger partial charge in [0.15, 0.2) is 0 Å². The molecule has 0 aliphatic rings. The standard InChI is InChI=1S/C16H19NO2/c1-2-3-9-16(18)19-15(12-13-17)11-10-14-7-5-4-6-8-14/h4-8,10-11,15H,2-3,9,12H2,1H3/b11-10+/t15-/m1/s1. The average Bonchev–Trinajstić information content (AvgIpc) is 2.44. The number of nitrogens with zero attached hydrogens (tertiary/aromatic N) is 1. The van der Waals surface area contributed by atoms with Gasteiger partial charge in [0.1, 0.15) is 6.10 Å². The van der Waals surface area contributed by atoms with E-state index in [1.807, 2.05) is 49.4 Å². The minimum absolute atomic E-state index is 0.182. The molecule has 0 aliphatic heterocycles. The smallest absolute Gasteiger partial charge is 0.306 e. The molecule has 0 unspecified atom stereocenters. The van der Waals surface area contributed by atoms with E-state index in [-0.39, 0.29) is 12.4 Å². The maximum atomic E-state index is 11.5. The quantitative estimate of drug-likeness (QED) is 0.699. The summed E-state index contributed by atoms with van der Waals surface area (Å²) in [5, 5.41) is 8.75. The molecule has 3 heteroatoms. The number of ether oxygens (including phenoxy) is 1. The highest BCUT2D eigenvalue weighted by Crippen LogP contribution is 2.08. The van der Waals surface area contributed by atoms with Crippen LogP contribution >= 0.6 is 0 Å². The third-order valence-corrected chi connectivity index (χ3v) is 2.61. The van der Waals surface area contributed by atoms with E-state index >= 15 is 0 Å². The number of benzene rings is 1. The summed E-state index contributed by atoms with van der Waals surface area (Å²) in [5.41, 5.74) is 1.02. The van der Waals surface area contributed by atoms with Crippen molar-refractivity contribution in [2.45, 2.75) is 38.7 Å². The molecular weight excluding hydrogens is 238 g/mol. The zero-order chi connectivity index (χ0) is 13.9. The maximum Gasteiger partial charge on any atom is 0.306 e. The molecule has 0 saturated carbocycles. The second-order valence-electron chi connectivity index (χ2n) is 4.26. The number of carbonyl (C=O) groups is 1. The highest BCUT2D eigenvalue weighted by molar-refractivity contribution is 5.69. The van der Waals surface area contributed by atoms with Gasteiger partial charge in [0.2, 0.25) is 0 Å². The monoisotopic (exact) mass is 257 g/mol. The number of hydrogen-bond acceptors (Lipinski definition) is 3. The van der Waals surface area contributed by atoms with Crippen LogP contribution in [0.1, 0.15) is 38.2 Å². The molecule has 0 amide bonds. The molecule has 1 aromatic carbocycles. The molecular formula is C16H19NO2. The highest BCUT2D eigenvalue weighted by atomic mass is 16.5. The molecule has 0 radical (unpaired) electrons. The van der Waals surface area contributed by atoms with Crippen molar-refractivity contribution >= 4 is 12.0 Å². The first kappa shape index (κ1) is 15.0. The van der Waals surface area contributed by atoms with Gasteiger partial charge in [-0.05, 0) is 18.1 Å². The van der Waals surface area contributed by atoms with Gasteiger partial charge < -0.3 is 4.74 Å². The summed E-state index contributed by atoms with van der Waals surface area (Å²) in [6, 6.07) is 11.8. The first-order valence-electron chi connectivity index (χ1n) is 6.56. The second kappa shape index (κ2) is 8.93. The van der Waals surface area contributed by atoms with Gasteiger partial charge >= 0.3 is 5.97 Å². The fourth-order valence-electron chi connectivity index (χ4n) is 1.57. The van der Waals surface area contributed by atoms with Gasteiger partial charge in [0.05, 0.1) is 12.5 Å². The molecule has 19 heavy (non-hydrogen) atoms. The van der Waals surface area contributed by atoms with Gasteiger partial charge in [-0.3, -0.25) is 4.79 Å². The molecule has 0 aliphatic carbocycles. The lowest BCUT2D eigenvalue weighted by Crippen LogP contribution is -2.15. The van der Waals surface area contributed by atoms with Crippen molar-refractivity contribution in [2.24, 2.45) is 0 Å². The lowest BCUT2D eigenvalue weighted by molar-refractivity contribution is -0.146. The van der Waals surface area contributed by atoms with Crippen molar-refractivity contribution < 1.29 is 9.53 Å². The highest BCUT2D eigenvalue weighted by Gasteiger charge is 2.10. The topological polar surface area (TPSA) is 50.1 Å². The number of nitriles is 1. The fraction of sp³-hybridized carbons (Fsp3) is 0.375. The Morgan fingerprint density at radius 1 is 1.42 bits per heavy atom. The average molecular weight is 257 g/mol. The number of esters is 1. The van der Waals surface area contributed by atoms with Crippen LogP contribution in [-0.4, -0.2) is 12.1 Å². The molecule has 1 rings (SSSR count). The zero-order valence-electron chi connectivity index (χ0n) is 11.2. The van der Waals surface area contributed by atoms with Gasteiger partial charge in [-0.25, -0.2) is 0 Å². The van der Waals surface area contributed by atoms with E-state index in [0.717, 1.165) is 18.4 Å². The van der Waals surface area contributed by atoms with Crippen molar-refractivity contribution in [3.8, 4) is 6.07 Å². The van der Waals surface area contributed by atoms with Crippen molar-refractivity contribution in [1.29, 1.82) is 5.26 Å². The third-order valence-electron chi connectivity index (χ3n) is 2.61. The summed E-state index contributed by atoms with van der Waals surface area (Å²) in [6.45, 7) is 2.02. The van der Waals surface area contributed by atoms with Crippen LogP contribution in [-0.2, 0) is 9.53 Å². The molecule has 0 N–H and O–H groups in total. The van der Waals surface area contributed by atoms with Gasteiger partial charge in [-0.15, -0.1) is 0 Å². The van der Waals surface area contributed by atoms with Crippen LogP contribution < -0.4 is 0 Å². The van der Waals surface area contributed by atoms with Crippen molar-refractivity contribution in [3.63, 3.8) is 0 Å². The van der Waals surface area contributed by atoms with Crippen LogP contribution in [0, 0.1) is 11.3 Å². The van der Waals surface area contributed by atoms with Crippen molar-refractivity contribution in [3.05, 3.63) is 42.0 Å². The maximum absolute atomic E-state index is 11.5. The Morgan fingerprint density at radius 3 is 2.79 bits per heavy atom. The van der Waals surface area contributed by atoms with Crippen molar-refractivity contribution in [2.75, 3.05) is 0 Å². The molecule has 0 fully saturated rings. The lowest BCUT2D eigenvalue weighted by atomic mass is 10.1. The largest absolute Gasteiger partial charge is 0.457 e. The lowest BCUT2D eigenvalue weighted by Gasteiger charge is -2.10. The molecule has 100 valence electrons. The number of rotatable bonds is 7. The van der Waals surface area contributed by atoms with E-state index in [0.29, 0.717) is 6.42 Å². The molecule has 0 saturated heterocycles. The molecule has 1 aromatic rings. The van der Waals surface area contributed by atoms with Crippen LogP contribution in [0.5, 0.6) is 0 Å². The third kappa shape index (κ3) is 6.42. The summed E-state index contributed by atoms with van der Waals surface area (Å²) < 4.78 is 5.27. The summed E-state index contributed by atoms with van der Waals surface area (Å²) in [6.07, 6.45) is 5.55. The summed E-state index contributed by atoms with van der Waals surface area (Å²) in [5.74, 6) is -0.236. The number of carbonyl (C=O) groups excluding carboxylic acids is 1. The Bertz CT molecular complexity index is 446. The van der Waals surface area contributed by atoms with Crippen LogP contribution in [0.4, 0.5) is 0 Å². The summed E-state index contributed by atoms with van der Waals surface area (Å²) in [7, 11) is 0. The van der Waals surface area contributed by atoms with Gasteiger partial charge in [-0.2, -0.15) is 5.26 Å². The Labute approximate surface area is 114 Å². The van der Waals surface area contributed by atoms with E-state index in [9.17, 15) is 4.79 Å². The van der Waals surface area contributed by atoms with E-state index < -0.39 is 6.10 Å². The molecule has 0 heterocycles. The molecule has 0 bridgehead atoms. The van der Waals surface area contributed by atoms with E-state index in [1.54, 1.807) is 6.08 Å². The van der Waals surface area contributed by atoms with Crippen molar-refractivity contribution in [1.82, 2.24) is 0 Å². The molecule has 3 nitrogen and oxygen atoms in total. The summed E-state index contributed by atoms with van der Waals surface area (Å²) >= 11 is 0. The normalized spacial score (nSPS) is 12.0. The Kier molecular flexibility index (Phi) is 7.04. The predicted octanol–water partition coefficient (Wildman–Crippen LogP) is 3.72. The minimum Gasteiger partial charge on any atom is -0.457 e. The molecule has 1 atom stereocenters. The molecule has 0 aromatic heterocycles. The van der Waals surface area contributed by atoms with Gasteiger partial charge in [0, 0.05) is 6.42 Å². The Balaban J connectivity index is 2.55. The SMILES string of the molecule is CCCCC(=O)O[C@H](/C=C/c1ccccc1)CC#N. The number of hydrogen-bond donors (Lipinski definition) is 0. The minimum atomic E-state index is -0.463. The van der Waals surface area contributed by atoms with E-state index in [2.05, 4.69) is 0 Å². The van der Waals surface area contributed by atoms with Gasteiger partial charge in [0.25, 0.3) is 0 Å². The van der Waals surface area contributed by atoms with Crippen LogP contribution in [0.25, 0.3) is 6.08 Å². The zero-order valence-corrected chi connectivity index (χ0v) is 11.2. The first-order chi connectivity index (χ1) is 9.26. The Hall–Kier alpha value is -2.08. The van der Waals surface area contributed by atoms with Crippen LogP contribution in [0.2, 0.25) is 0 Å². The Morgan fingerprint density at radius 2 is 2.16 bits per heavy atom. The van der Waals surface area contributed by atoms with Crippen LogP contribution in [0.3, 0.4) is 0 Å². The fourth-order valence-corrected chi connectivity index (χ4v) is 1.57. The van der Waals surface area contributed by atoms with Crippen LogP contribution in [0.15, 0.2) is 36.4 Å². The van der Waals surface area contributed by atoms with E-state index in [4.69, 9.17) is 10.00 Å². The second-order valence-corrected chi connectivity index (χ2v) is 4.26. The van der Waals surface area contributed by atoms with E-state index in [1.165, 1.54) is 0 Å². The predicted molar refractivity (Wildman–Crippen MR) is 75.1 cm³/mol.